The summed E-state index contributed by atoms with van der Waals surface area (Å²) in [5, 5.41) is 3.18. The fourth-order valence-corrected chi connectivity index (χ4v) is 3.08. The quantitative estimate of drug-likeness (QED) is 0.853. The first-order valence-electron chi connectivity index (χ1n) is 7.33. The van der Waals surface area contributed by atoms with E-state index in [1.54, 1.807) is 6.07 Å². The maximum Gasteiger partial charge on any atom is 0.262 e. The summed E-state index contributed by atoms with van der Waals surface area (Å²) in [4.78, 5) is 24.5. The van der Waals surface area contributed by atoms with Crippen molar-refractivity contribution in [1.29, 1.82) is 0 Å². The Morgan fingerprint density at radius 1 is 1.26 bits per heavy atom. The molecule has 0 bridgehead atoms. The zero-order valence-corrected chi connectivity index (χ0v) is 14.3. The third kappa shape index (κ3) is 4.32. The lowest BCUT2D eigenvalue weighted by atomic mass is 10.1. The van der Waals surface area contributed by atoms with Crippen LogP contribution >= 0.6 is 11.3 Å². The smallest absolute Gasteiger partial charge is 0.262 e. The summed E-state index contributed by atoms with van der Waals surface area (Å²) in [6.07, 6.45) is 0.778. The summed E-state index contributed by atoms with van der Waals surface area (Å²) in [5.74, 6) is -0.194. The second-order valence-corrected chi connectivity index (χ2v) is 6.42. The van der Waals surface area contributed by atoms with Crippen LogP contribution in [-0.4, -0.2) is 18.4 Å². The molecule has 1 aromatic heterocycles. The average molecular weight is 332 g/mol. The summed E-state index contributed by atoms with van der Waals surface area (Å²) < 4.78 is 5.56. The van der Waals surface area contributed by atoms with Crippen molar-refractivity contribution in [2.24, 2.45) is 5.73 Å². The summed E-state index contributed by atoms with van der Waals surface area (Å²) in [6, 6.07) is 7.53. The molecule has 0 atom stereocenters. The molecule has 0 aliphatic carbocycles. The first-order valence-corrected chi connectivity index (χ1v) is 8.14. The van der Waals surface area contributed by atoms with Crippen LogP contribution in [0.3, 0.4) is 0 Å². The molecule has 0 aliphatic rings. The lowest BCUT2D eigenvalue weighted by molar-refractivity contribution is -0.118. The summed E-state index contributed by atoms with van der Waals surface area (Å²) in [6.45, 7) is 5.74. The van der Waals surface area contributed by atoms with Crippen LogP contribution in [0.25, 0.3) is 0 Å². The number of nitrogens with one attached hydrogen (secondary N) is 1. The fourth-order valence-electron chi connectivity index (χ4n) is 2.06. The molecule has 0 fully saturated rings. The molecule has 2 rings (SSSR count). The third-order valence-corrected chi connectivity index (χ3v) is 4.55. The van der Waals surface area contributed by atoms with Crippen LogP contribution in [0.15, 0.2) is 24.3 Å². The van der Waals surface area contributed by atoms with Gasteiger partial charge in [-0.05, 0) is 43.5 Å². The van der Waals surface area contributed by atoms with Crippen molar-refractivity contribution in [2.45, 2.75) is 27.2 Å². The molecule has 3 N–H and O–H groups in total. The Bertz CT molecular complexity index is 737. The summed E-state index contributed by atoms with van der Waals surface area (Å²) in [5.41, 5.74) is 7.71. The van der Waals surface area contributed by atoms with E-state index < -0.39 is 5.91 Å². The molecule has 23 heavy (non-hydrogen) atoms. The van der Waals surface area contributed by atoms with Gasteiger partial charge in [-0.25, -0.2) is 0 Å². The SMILES string of the molecule is CCc1cc(C(N)=O)c(NC(=O)COc2cc(C)ccc2C)s1. The van der Waals surface area contributed by atoms with Gasteiger partial charge < -0.3 is 15.8 Å². The van der Waals surface area contributed by atoms with Crippen LogP contribution in [0.4, 0.5) is 5.00 Å². The monoisotopic (exact) mass is 332 g/mol. The molecule has 2 amide bonds. The van der Waals surface area contributed by atoms with Crippen molar-refractivity contribution in [3.05, 3.63) is 45.8 Å². The topological polar surface area (TPSA) is 81.4 Å². The molecule has 1 heterocycles. The van der Waals surface area contributed by atoms with Gasteiger partial charge in [-0.1, -0.05) is 19.1 Å². The minimum Gasteiger partial charge on any atom is -0.483 e. The van der Waals surface area contributed by atoms with E-state index in [2.05, 4.69) is 5.32 Å². The number of hydrogen-bond acceptors (Lipinski definition) is 4. The van der Waals surface area contributed by atoms with Gasteiger partial charge in [0.05, 0.1) is 5.56 Å². The Labute approximate surface area is 139 Å². The number of ether oxygens (including phenoxy) is 1. The molecule has 122 valence electrons. The highest BCUT2D eigenvalue weighted by molar-refractivity contribution is 7.16. The molecule has 0 saturated heterocycles. The number of benzene rings is 1. The Hall–Kier alpha value is -2.34. The first kappa shape index (κ1) is 17.0. The van der Waals surface area contributed by atoms with E-state index in [9.17, 15) is 9.59 Å². The maximum absolute atomic E-state index is 12.1. The van der Waals surface area contributed by atoms with Crippen LogP contribution < -0.4 is 15.8 Å². The van der Waals surface area contributed by atoms with Crippen molar-refractivity contribution in [1.82, 2.24) is 0 Å². The standard InChI is InChI=1S/C17H20N2O3S/c1-4-12-8-13(16(18)21)17(23-12)19-15(20)9-22-14-7-10(2)5-6-11(14)3/h5-8H,4,9H2,1-3H3,(H2,18,21)(H,19,20). The number of carbonyl (C=O) groups excluding carboxylic acids is 2. The second kappa shape index (κ2) is 7.28. The van der Waals surface area contributed by atoms with Gasteiger partial charge in [0.25, 0.3) is 11.8 Å². The number of aryl methyl sites for hydroxylation is 3. The number of anilines is 1. The molecule has 0 unspecified atom stereocenters. The molecule has 1 aromatic carbocycles. The fraction of sp³-hybridized carbons (Fsp3) is 0.294. The highest BCUT2D eigenvalue weighted by atomic mass is 32.1. The van der Waals surface area contributed by atoms with Crippen LogP contribution in [0, 0.1) is 13.8 Å². The Kier molecular flexibility index (Phi) is 5.39. The van der Waals surface area contributed by atoms with Gasteiger partial charge in [0.15, 0.2) is 6.61 Å². The largest absolute Gasteiger partial charge is 0.483 e. The molecular formula is C17H20N2O3S. The van der Waals surface area contributed by atoms with E-state index >= 15 is 0 Å². The molecule has 0 saturated carbocycles. The van der Waals surface area contributed by atoms with Gasteiger partial charge in [-0.15, -0.1) is 11.3 Å². The lowest BCUT2D eigenvalue weighted by Crippen LogP contribution is -2.22. The Morgan fingerprint density at radius 2 is 2.00 bits per heavy atom. The Morgan fingerprint density at radius 3 is 2.65 bits per heavy atom. The highest BCUT2D eigenvalue weighted by Crippen LogP contribution is 2.28. The van der Waals surface area contributed by atoms with Crippen molar-refractivity contribution in [2.75, 3.05) is 11.9 Å². The number of primary amides is 1. The van der Waals surface area contributed by atoms with Gasteiger partial charge in [0.2, 0.25) is 0 Å². The molecule has 6 heteroatoms. The highest BCUT2D eigenvalue weighted by Gasteiger charge is 2.15. The van der Waals surface area contributed by atoms with Gasteiger partial charge >= 0.3 is 0 Å². The van der Waals surface area contributed by atoms with E-state index in [4.69, 9.17) is 10.5 Å². The number of hydrogen-bond donors (Lipinski definition) is 2. The Balaban J connectivity index is 2.04. The molecule has 5 nitrogen and oxygen atoms in total. The van der Waals surface area contributed by atoms with Crippen LogP contribution in [0.1, 0.15) is 33.3 Å². The van der Waals surface area contributed by atoms with Crippen LogP contribution in [0.5, 0.6) is 5.75 Å². The minimum absolute atomic E-state index is 0.123. The second-order valence-electron chi connectivity index (χ2n) is 5.28. The zero-order valence-electron chi connectivity index (χ0n) is 13.4. The number of amides is 2. The average Bonchev–Trinajstić information content (AvgIpc) is 2.91. The maximum atomic E-state index is 12.1. The lowest BCUT2D eigenvalue weighted by Gasteiger charge is -2.10. The van der Waals surface area contributed by atoms with Gasteiger partial charge in [-0.2, -0.15) is 0 Å². The molecule has 0 aliphatic heterocycles. The van der Waals surface area contributed by atoms with Crippen molar-refractivity contribution in [3.8, 4) is 5.75 Å². The van der Waals surface area contributed by atoms with E-state index in [0.29, 0.717) is 16.3 Å². The third-order valence-electron chi connectivity index (χ3n) is 3.35. The van der Waals surface area contributed by atoms with Crippen LogP contribution in [-0.2, 0) is 11.2 Å². The van der Waals surface area contributed by atoms with Crippen molar-refractivity contribution < 1.29 is 14.3 Å². The van der Waals surface area contributed by atoms with Gasteiger partial charge in [0, 0.05) is 4.88 Å². The molecule has 0 spiro atoms. The normalized spacial score (nSPS) is 10.4. The van der Waals surface area contributed by atoms with Crippen molar-refractivity contribution >= 4 is 28.2 Å². The van der Waals surface area contributed by atoms with E-state index in [1.165, 1.54) is 11.3 Å². The number of nitrogens with two attached hydrogens (primary N) is 1. The predicted molar refractivity (Wildman–Crippen MR) is 92.3 cm³/mol. The predicted octanol–water partition coefficient (Wildman–Crippen LogP) is 3.04. The number of thiophene rings is 1. The summed E-state index contributed by atoms with van der Waals surface area (Å²) in [7, 11) is 0. The van der Waals surface area contributed by atoms with Crippen LogP contribution in [0.2, 0.25) is 0 Å². The molecule has 0 radical (unpaired) electrons. The van der Waals surface area contributed by atoms with E-state index in [-0.39, 0.29) is 12.5 Å². The molecular weight excluding hydrogens is 312 g/mol. The minimum atomic E-state index is -0.549. The number of rotatable bonds is 6. The zero-order chi connectivity index (χ0) is 17.0. The molecule has 2 aromatic rings. The number of carbonyl (C=O) groups is 2. The van der Waals surface area contributed by atoms with E-state index in [1.807, 2.05) is 39.0 Å². The first-order chi connectivity index (χ1) is 10.9. The van der Waals surface area contributed by atoms with E-state index in [0.717, 1.165) is 22.4 Å². The summed E-state index contributed by atoms with van der Waals surface area (Å²) >= 11 is 1.36. The van der Waals surface area contributed by atoms with Gasteiger partial charge in [0.1, 0.15) is 10.8 Å². The van der Waals surface area contributed by atoms with Gasteiger partial charge in [-0.3, -0.25) is 9.59 Å². The van der Waals surface area contributed by atoms with Crippen molar-refractivity contribution in [3.63, 3.8) is 0 Å².